The highest BCUT2D eigenvalue weighted by Gasteiger charge is 2.36. The molecule has 4 rings (SSSR count). The van der Waals surface area contributed by atoms with E-state index in [9.17, 15) is 27.4 Å². The van der Waals surface area contributed by atoms with E-state index in [4.69, 9.17) is 5.73 Å². The van der Waals surface area contributed by atoms with Gasteiger partial charge in [-0.2, -0.15) is 8.42 Å². The van der Waals surface area contributed by atoms with E-state index in [1.165, 1.54) is 12.1 Å². The number of nitrogens with two attached hydrogens (primary N) is 1. The summed E-state index contributed by atoms with van der Waals surface area (Å²) in [5, 5.41) is 5.49. The van der Waals surface area contributed by atoms with E-state index >= 15 is 0 Å². The maximum atomic E-state index is 13.3. The Bertz CT molecular complexity index is 1460. The summed E-state index contributed by atoms with van der Waals surface area (Å²) in [4.78, 5) is 37.2. The molecule has 0 aromatic heterocycles. The maximum absolute atomic E-state index is 13.3. The quantitative estimate of drug-likeness (QED) is 0.200. The average molecular weight is 463 g/mol. The van der Waals surface area contributed by atoms with Gasteiger partial charge in [0.1, 0.15) is 4.90 Å². The zero-order chi connectivity index (χ0) is 23.9. The Hall–Kier alpha value is -4.28. The van der Waals surface area contributed by atoms with Crippen molar-refractivity contribution in [2.75, 3.05) is 16.4 Å². The van der Waals surface area contributed by atoms with E-state index in [0.717, 1.165) is 12.1 Å². The fourth-order valence-corrected chi connectivity index (χ4v) is 4.24. The number of amides is 1. The van der Waals surface area contributed by atoms with E-state index in [0.29, 0.717) is 11.4 Å². The number of benzene rings is 3. The maximum Gasteiger partial charge on any atom is 0.296 e. The minimum atomic E-state index is -4.81. The summed E-state index contributed by atoms with van der Waals surface area (Å²) >= 11 is 0. The molecule has 5 N–H and O–H groups in total. The molecule has 1 aliphatic rings. The zero-order valence-electron chi connectivity index (χ0n) is 17.0. The minimum Gasteiger partial charge on any atom is -0.397 e. The first-order valence-corrected chi connectivity index (χ1v) is 11.0. The molecule has 0 atom stereocenters. The first kappa shape index (κ1) is 21.9. The molecule has 0 fully saturated rings. The van der Waals surface area contributed by atoms with Gasteiger partial charge in [0.05, 0.1) is 22.5 Å². The third kappa shape index (κ3) is 3.88. The first-order valence-electron chi connectivity index (χ1n) is 9.54. The highest BCUT2D eigenvalue weighted by Crippen LogP contribution is 2.40. The third-order valence-electron chi connectivity index (χ3n) is 5.09. The number of carbonyl (C=O) groups excluding carboxylic acids is 3. The molecule has 1 amide bonds. The monoisotopic (exact) mass is 463 g/mol. The summed E-state index contributed by atoms with van der Waals surface area (Å²) in [5.41, 5.74) is 6.15. The second-order valence-electron chi connectivity index (χ2n) is 7.16. The Morgan fingerprint density at radius 1 is 0.939 bits per heavy atom. The van der Waals surface area contributed by atoms with E-state index in [1.807, 2.05) is 0 Å². The number of hydrogen-bond donors (Lipinski definition) is 4. The molecule has 1 aliphatic carbocycles. The van der Waals surface area contributed by atoms with Crippen molar-refractivity contribution in [3.05, 3.63) is 89.5 Å². The summed E-state index contributed by atoms with van der Waals surface area (Å²) < 4.78 is 33.6. The van der Waals surface area contributed by atoms with E-state index < -0.39 is 38.2 Å². The number of hydrogen-bond acceptors (Lipinski definition) is 7. The molecule has 10 heteroatoms. The number of rotatable bonds is 5. The van der Waals surface area contributed by atoms with Gasteiger partial charge in [-0.15, -0.1) is 0 Å². The molecular weight excluding hydrogens is 446 g/mol. The predicted octanol–water partition coefficient (Wildman–Crippen LogP) is 3.16. The Labute approximate surface area is 188 Å². The van der Waals surface area contributed by atoms with Crippen molar-refractivity contribution in [3.8, 4) is 0 Å². The van der Waals surface area contributed by atoms with Crippen LogP contribution in [0.4, 0.5) is 22.7 Å². The van der Waals surface area contributed by atoms with Gasteiger partial charge in [0, 0.05) is 22.5 Å². The average Bonchev–Trinajstić information content (AvgIpc) is 2.78. The van der Waals surface area contributed by atoms with Crippen molar-refractivity contribution >= 4 is 50.3 Å². The number of anilines is 4. The lowest BCUT2D eigenvalue weighted by Crippen LogP contribution is -2.25. The molecule has 0 unspecified atom stereocenters. The minimum absolute atomic E-state index is 0.0254. The fourth-order valence-electron chi connectivity index (χ4n) is 3.59. The van der Waals surface area contributed by atoms with Gasteiger partial charge in [0.25, 0.3) is 10.1 Å². The van der Waals surface area contributed by atoms with Crippen molar-refractivity contribution in [3.63, 3.8) is 0 Å². The molecule has 0 heterocycles. The summed E-state index contributed by atoms with van der Waals surface area (Å²) in [6.07, 6.45) is 1.12. The van der Waals surface area contributed by atoms with Crippen LogP contribution in [0.5, 0.6) is 0 Å². The fraction of sp³-hybridized carbons (Fsp3) is 0. The van der Waals surface area contributed by atoms with Gasteiger partial charge in [-0.3, -0.25) is 18.9 Å². The molecule has 3 aromatic carbocycles. The van der Waals surface area contributed by atoms with Crippen LogP contribution >= 0.6 is 0 Å². The van der Waals surface area contributed by atoms with Gasteiger partial charge in [-0.25, -0.2) is 0 Å². The van der Waals surface area contributed by atoms with Crippen LogP contribution in [0.3, 0.4) is 0 Å². The highest BCUT2D eigenvalue weighted by molar-refractivity contribution is 7.86. The van der Waals surface area contributed by atoms with Crippen LogP contribution in [0, 0.1) is 0 Å². The lowest BCUT2D eigenvalue weighted by atomic mass is 9.82. The molecule has 166 valence electrons. The highest BCUT2D eigenvalue weighted by atomic mass is 32.2. The van der Waals surface area contributed by atoms with Gasteiger partial charge in [0.2, 0.25) is 5.91 Å². The molecular formula is C23H17N3O6S. The Balaban J connectivity index is 1.87. The van der Waals surface area contributed by atoms with Crippen LogP contribution in [0.2, 0.25) is 0 Å². The van der Waals surface area contributed by atoms with Gasteiger partial charge < -0.3 is 16.4 Å². The van der Waals surface area contributed by atoms with Crippen LogP contribution < -0.4 is 16.4 Å². The van der Waals surface area contributed by atoms with Crippen LogP contribution in [-0.4, -0.2) is 30.4 Å². The van der Waals surface area contributed by atoms with Crippen molar-refractivity contribution in [2.45, 2.75) is 4.90 Å². The zero-order valence-corrected chi connectivity index (χ0v) is 17.8. The van der Waals surface area contributed by atoms with Gasteiger partial charge in [-0.05, 0) is 36.4 Å². The molecule has 0 saturated heterocycles. The van der Waals surface area contributed by atoms with Crippen molar-refractivity contribution in [2.24, 2.45) is 0 Å². The number of ketones is 2. The number of fused-ring (bicyclic) bond motifs is 2. The molecule has 33 heavy (non-hydrogen) atoms. The van der Waals surface area contributed by atoms with Crippen molar-refractivity contribution in [1.29, 1.82) is 0 Å². The SMILES string of the molecule is C=CC(=O)Nc1ccc(Nc2cc(S(=O)(=O)O)c(N)c3c2C(=O)c2ccccc2C3=O)cc1. The van der Waals surface area contributed by atoms with E-state index in [2.05, 4.69) is 17.2 Å². The van der Waals surface area contributed by atoms with Crippen LogP contribution in [0.25, 0.3) is 0 Å². The van der Waals surface area contributed by atoms with Crippen LogP contribution in [-0.2, 0) is 14.9 Å². The second-order valence-corrected chi connectivity index (χ2v) is 8.55. The molecule has 0 spiro atoms. The van der Waals surface area contributed by atoms with Crippen molar-refractivity contribution < 1.29 is 27.4 Å². The molecule has 0 radical (unpaired) electrons. The Kier molecular flexibility index (Phi) is 5.32. The normalized spacial score (nSPS) is 12.5. The summed E-state index contributed by atoms with van der Waals surface area (Å²) in [6.45, 7) is 3.37. The summed E-state index contributed by atoms with van der Waals surface area (Å²) in [6, 6.07) is 13.4. The predicted molar refractivity (Wildman–Crippen MR) is 123 cm³/mol. The number of carbonyl (C=O) groups is 3. The van der Waals surface area contributed by atoms with Crippen LogP contribution in [0.15, 0.2) is 72.1 Å². The van der Waals surface area contributed by atoms with Gasteiger partial charge in [-0.1, -0.05) is 30.8 Å². The Morgan fingerprint density at radius 3 is 2.03 bits per heavy atom. The lowest BCUT2D eigenvalue weighted by molar-refractivity contribution is -0.111. The summed E-state index contributed by atoms with van der Waals surface area (Å²) in [7, 11) is -4.81. The largest absolute Gasteiger partial charge is 0.397 e. The smallest absolute Gasteiger partial charge is 0.296 e. The molecule has 0 aliphatic heterocycles. The standard InChI is InChI=1S/C23H17N3O6S/c1-2-18(27)26-13-9-7-12(8-10-13)25-16-11-17(33(30,31)32)21(24)20-19(16)22(28)14-5-3-4-6-15(14)23(20)29/h2-11,25H,1,24H2,(H,26,27)(H,30,31,32). The van der Waals surface area contributed by atoms with E-state index in [1.54, 1.807) is 36.4 Å². The van der Waals surface area contributed by atoms with E-state index in [-0.39, 0.29) is 27.9 Å². The number of nitrogen functional groups attached to an aromatic ring is 1. The lowest BCUT2D eigenvalue weighted by Gasteiger charge is -2.23. The van der Waals surface area contributed by atoms with Gasteiger partial charge >= 0.3 is 0 Å². The number of nitrogens with one attached hydrogen (secondary N) is 2. The summed E-state index contributed by atoms with van der Waals surface area (Å²) in [5.74, 6) is -1.55. The molecule has 3 aromatic rings. The van der Waals surface area contributed by atoms with Crippen molar-refractivity contribution in [1.82, 2.24) is 0 Å². The third-order valence-corrected chi connectivity index (χ3v) is 5.99. The first-order chi connectivity index (χ1) is 15.6. The topological polar surface area (TPSA) is 156 Å². The molecule has 0 saturated carbocycles. The Morgan fingerprint density at radius 2 is 1.48 bits per heavy atom. The molecule has 9 nitrogen and oxygen atoms in total. The second kappa shape index (κ2) is 8.01. The molecule has 0 bridgehead atoms. The van der Waals surface area contributed by atoms with Gasteiger partial charge in [0.15, 0.2) is 11.6 Å². The van der Waals surface area contributed by atoms with Crippen LogP contribution in [0.1, 0.15) is 31.8 Å².